The van der Waals surface area contributed by atoms with Gasteiger partial charge >= 0.3 is 0 Å². The molecule has 0 aliphatic heterocycles. The molecule has 22 heavy (non-hydrogen) atoms. The Balaban J connectivity index is 1.76. The van der Waals surface area contributed by atoms with Gasteiger partial charge in [-0.1, -0.05) is 25.0 Å². The Labute approximate surface area is 130 Å². The fourth-order valence-electron chi connectivity index (χ4n) is 3.03. The van der Waals surface area contributed by atoms with Crippen LogP contribution in [0.1, 0.15) is 45.4 Å². The summed E-state index contributed by atoms with van der Waals surface area (Å²) in [6.45, 7) is 2.45. The van der Waals surface area contributed by atoms with E-state index in [-0.39, 0.29) is 5.75 Å². The minimum absolute atomic E-state index is 0.120. The Kier molecular flexibility index (Phi) is 6.22. The first-order valence-electron chi connectivity index (χ1n) is 8.02. The highest BCUT2D eigenvalue weighted by atomic mass is 19.2. The maximum atomic E-state index is 13.6. The summed E-state index contributed by atoms with van der Waals surface area (Å²) in [7, 11) is 0. The number of hydrogen-bond acceptors (Lipinski definition) is 2. The predicted octanol–water partition coefficient (Wildman–Crippen LogP) is 5.21. The van der Waals surface area contributed by atoms with Gasteiger partial charge in [-0.3, -0.25) is 0 Å². The van der Waals surface area contributed by atoms with Crippen molar-refractivity contribution < 1.29 is 18.6 Å². The molecular weight excluding hydrogens is 286 g/mol. The third-order valence-corrected chi connectivity index (χ3v) is 4.44. The van der Waals surface area contributed by atoms with E-state index in [1.54, 1.807) is 0 Å². The minimum Gasteiger partial charge on any atom is -0.505 e. The summed E-state index contributed by atoms with van der Waals surface area (Å²) in [5, 5.41) is 9.08. The molecule has 1 saturated carbocycles. The molecule has 2 nitrogen and oxygen atoms in total. The number of hydrogen-bond donors (Lipinski definition) is 1. The lowest BCUT2D eigenvalue weighted by Gasteiger charge is -2.28. The van der Waals surface area contributed by atoms with Gasteiger partial charge in [0.25, 0.3) is 0 Å². The van der Waals surface area contributed by atoms with E-state index in [2.05, 4.69) is 12.2 Å². The van der Waals surface area contributed by atoms with Gasteiger partial charge in [0, 0.05) is 0 Å². The SMILES string of the molecule is C/C=C/CCC1CCC(COc2ccc(O)c(F)c2F)CC1. The molecule has 0 amide bonds. The number of phenolic OH excluding ortho intramolecular Hbond substituents is 1. The van der Waals surface area contributed by atoms with Crippen LogP contribution < -0.4 is 4.74 Å². The maximum Gasteiger partial charge on any atom is 0.204 e. The lowest BCUT2D eigenvalue weighted by Crippen LogP contribution is -2.20. The minimum atomic E-state index is -1.25. The summed E-state index contributed by atoms with van der Waals surface area (Å²) in [6.07, 6.45) is 11.2. The number of ether oxygens (including phenoxy) is 1. The fraction of sp³-hybridized carbons (Fsp3) is 0.556. The fourth-order valence-corrected chi connectivity index (χ4v) is 3.03. The lowest BCUT2D eigenvalue weighted by atomic mass is 9.80. The predicted molar refractivity (Wildman–Crippen MR) is 83.0 cm³/mol. The van der Waals surface area contributed by atoms with E-state index in [1.807, 2.05) is 6.92 Å². The first-order chi connectivity index (χ1) is 10.6. The summed E-state index contributed by atoms with van der Waals surface area (Å²) < 4.78 is 32.2. The molecule has 122 valence electrons. The molecule has 0 aromatic heterocycles. The first-order valence-corrected chi connectivity index (χ1v) is 8.02. The van der Waals surface area contributed by atoms with Crippen LogP contribution >= 0.6 is 0 Å². The van der Waals surface area contributed by atoms with Crippen LogP contribution in [-0.4, -0.2) is 11.7 Å². The molecular formula is C18H24F2O2. The third-order valence-electron chi connectivity index (χ3n) is 4.44. The topological polar surface area (TPSA) is 29.5 Å². The van der Waals surface area contributed by atoms with Gasteiger partial charge in [-0.05, 0) is 56.6 Å². The standard InChI is InChI=1S/C18H24F2O2/c1-2-3-4-5-13-6-8-14(9-7-13)12-22-16-11-10-15(21)17(19)18(16)20/h2-3,10-11,13-14,21H,4-9,12H2,1H3/b3-2+. The Morgan fingerprint density at radius 2 is 1.82 bits per heavy atom. The van der Waals surface area contributed by atoms with Gasteiger partial charge in [0.2, 0.25) is 11.6 Å². The zero-order chi connectivity index (χ0) is 15.9. The highest BCUT2D eigenvalue weighted by Crippen LogP contribution is 2.33. The van der Waals surface area contributed by atoms with Gasteiger partial charge in [0.05, 0.1) is 6.61 Å². The molecule has 0 unspecified atom stereocenters. The van der Waals surface area contributed by atoms with Crippen molar-refractivity contribution in [2.24, 2.45) is 11.8 Å². The van der Waals surface area contributed by atoms with Gasteiger partial charge in [0.1, 0.15) is 0 Å². The Morgan fingerprint density at radius 3 is 2.50 bits per heavy atom. The molecule has 0 radical (unpaired) electrons. The number of rotatable bonds is 6. The number of halogens is 2. The second-order valence-corrected chi connectivity index (χ2v) is 6.05. The second kappa shape index (κ2) is 8.16. The van der Waals surface area contributed by atoms with Crippen LogP contribution in [0.4, 0.5) is 8.78 Å². The molecule has 4 heteroatoms. The molecule has 0 saturated heterocycles. The van der Waals surface area contributed by atoms with Crippen molar-refractivity contribution in [3.8, 4) is 11.5 Å². The molecule has 2 rings (SSSR count). The Morgan fingerprint density at radius 1 is 1.14 bits per heavy atom. The molecule has 1 aromatic rings. The van der Waals surface area contributed by atoms with E-state index in [1.165, 1.54) is 25.3 Å². The van der Waals surface area contributed by atoms with Gasteiger partial charge in [0.15, 0.2) is 11.5 Å². The molecule has 1 aliphatic rings. The van der Waals surface area contributed by atoms with Crippen LogP contribution in [0.2, 0.25) is 0 Å². The van der Waals surface area contributed by atoms with Crippen molar-refractivity contribution in [2.45, 2.75) is 45.4 Å². The van der Waals surface area contributed by atoms with Crippen LogP contribution in [0.3, 0.4) is 0 Å². The molecule has 1 aromatic carbocycles. The van der Waals surface area contributed by atoms with Gasteiger partial charge in [-0.15, -0.1) is 0 Å². The van der Waals surface area contributed by atoms with Crippen LogP contribution in [0, 0.1) is 23.5 Å². The summed E-state index contributed by atoms with van der Waals surface area (Å²) in [4.78, 5) is 0. The van der Waals surface area contributed by atoms with E-state index < -0.39 is 17.4 Å². The summed E-state index contributed by atoms with van der Waals surface area (Å²) in [6, 6.07) is 2.39. The second-order valence-electron chi connectivity index (χ2n) is 6.05. The number of aromatic hydroxyl groups is 1. The summed E-state index contributed by atoms with van der Waals surface area (Å²) in [5.74, 6) is -1.99. The van der Waals surface area contributed by atoms with E-state index in [9.17, 15) is 8.78 Å². The molecule has 0 spiro atoms. The van der Waals surface area contributed by atoms with Crippen molar-refractivity contribution in [3.05, 3.63) is 35.9 Å². The third kappa shape index (κ3) is 4.46. The molecule has 1 aliphatic carbocycles. The van der Waals surface area contributed by atoms with E-state index in [4.69, 9.17) is 9.84 Å². The van der Waals surface area contributed by atoms with E-state index in [0.717, 1.165) is 31.2 Å². The van der Waals surface area contributed by atoms with Gasteiger partial charge < -0.3 is 9.84 Å². The average Bonchev–Trinajstić information content (AvgIpc) is 2.53. The smallest absolute Gasteiger partial charge is 0.204 e. The monoisotopic (exact) mass is 310 g/mol. The van der Waals surface area contributed by atoms with Crippen molar-refractivity contribution in [1.82, 2.24) is 0 Å². The highest BCUT2D eigenvalue weighted by molar-refractivity contribution is 5.33. The average molecular weight is 310 g/mol. The summed E-state index contributed by atoms with van der Waals surface area (Å²) in [5.41, 5.74) is 0. The Bertz CT molecular complexity index is 506. The van der Waals surface area contributed by atoms with Gasteiger partial charge in [-0.25, -0.2) is 0 Å². The molecule has 1 fully saturated rings. The number of benzene rings is 1. The Hall–Kier alpha value is -1.58. The summed E-state index contributed by atoms with van der Waals surface area (Å²) >= 11 is 0. The van der Waals surface area contributed by atoms with Crippen molar-refractivity contribution in [2.75, 3.05) is 6.61 Å². The zero-order valence-electron chi connectivity index (χ0n) is 13.0. The van der Waals surface area contributed by atoms with Crippen molar-refractivity contribution in [1.29, 1.82) is 0 Å². The van der Waals surface area contributed by atoms with Crippen LogP contribution in [-0.2, 0) is 0 Å². The number of allylic oxidation sites excluding steroid dienone is 2. The lowest BCUT2D eigenvalue weighted by molar-refractivity contribution is 0.173. The normalized spacial score (nSPS) is 22.1. The van der Waals surface area contributed by atoms with Gasteiger partial charge in [-0.2, -0.15) is 8.78 Å². The van der Waals surface area contributed by atoms with E-state index in [0.29, 0.717) is 12.5 Å². The highest BCUT2D eigenvalue weighted by Gasteiger charge is 2.22. The van der Waals surface area contributed by atoms with Crippen LogP contribution in [0.5, 0.6) is 11.5 Å². The zero-order valence-corrected chi connectivity index (χ0v) is 13.0. The first kappa shape index (κ1) is 16.8. The largest absolute Gasteiger partial charge is 0.505 e. The molecule has 0 heterocycles. The van der Waals surface area contributed by atoms with Crippen molar-refractivity contribution >= 4 is 0 Å². The van der Waals surface area contributed by atoms with Crippen LogP contribution in [0.15, 0.2) is 24.3 Å². The molecule has 1 N–H and O–H groups in total. The van der Waals surface area contributed by atoms with Crippen molar-refractivity contribution in [3.63, 3.8) is 0 Å². The number of phenols is 1. The van der Waals surface area contributed by atoms with Crippen LogP contribution in [0.25, 0.3) is 0 Å². The quantitative estimate of drug-likeness (QED) is 0.731. The molecule has 0 bridgehead atoms. The van der Waals surface area contributed by atoms with E-state index >= 15 is 0 Å². The maximum absolute atomic E-state index is 13.6. The molecule has 0 atom stereocenters.